The van der Waals surface area contributed by atoms with Crippen molar-refractivity contribution in [2.45, 2.75) is 25.1 Å². The van der Waals surface area contributed by atoms with Crippen molar-refractivity contribution >= 4 is 10.8 Å². The van der Waals surface area contributed by atoms with Crippen LogP contribution >= 0.6 is 0 Å². The highest BCUT2D eigenvalue weighted by Gasteiger charge is 2.28. The van der Waals surface area contributed by atoms with E-state index in [0.29, 0.717) is 0 Å². The Morgan fingerprint density at radius 1 is 1.00 bits per heavy atom. The van der Waals surface area contributed by atoms with Crippen LogP contribution in [0.25, 0.3) is 10.8 Å². The third kappa shape index (κ3) is 3.01. The van der Waals surface area contributed by atoms with Gasteiger partial charge in [0.25, 0.3) is 0 Å². The predicted octanol–water partition coefficient (Wildman–Crippen LogP) is 4.18. The molecular weight excluding hydrogens is 239 g/mol. The Morgan fingerprint density at radius 2 is 1.67 bits per heavy atom. The number of halogens is 3. The maximum Gasteiger partial charge on any atom is 0.389 e. The van der Waals surface area contributed by atoms with Gasteiger partial charge in [-0.15, -0.1) is 0 Å². The van der Waals surface area contributed by atoms with Gasteiger partial charge in [-0.1, -0.05) is 42.5 Å². The minimum atomic E-state index is -4.15. The number of alkyl halides is 3. The maximum atomic E-state index is 12.2. The van der Waals surface area contributed by atoms with Crippen molar-refractivity contribution in [2.24, 2.45) is 5.73 Å². The number of rotatable bonds is 3. The molecule has 0 radical (unpaired) electrons. The summed E-state index contributed by atoms with van der Waals surface area (Å²) < 4.78 is 36.6. The minimum Gasteiger partial charge on any atom is -0.324 e. The summed E-state index contributed by atoms with van der Waals surface area (Å²) in [4.78, 5) is 0. The van der Waals surface area contributed by atoms with Crippen LogP contribution in [0.1, 0.15) is 24.4 Å². The van der Waals surface area contributed by atoms with E-state index in [1.807, 2.05) is 36.4 Å². The normalized spacial score (nSPS) is 13.8. The van der Waals surface area contributed by atoms with Crippen molar-refractivity contribution < 1.29 is 13.2 Å². The molecule has 0 saturated heterocycles. The summed E-state index contributed by atoms with van der Waals surface area (Å²) in [6.07, 6.45) is -5.09. The van der Waals surface area contributed by atoms with Crippen LogP contribution in [0, 0.1) is 0 Å². The zero-order valence-corrected chi connectivity index (χ0v) is 9.74. The van der Waals surface area contributed by atoms with Crippen molar-refractivity contribution in [3.63, 3.8) is 0 Å². The largest absolute Gasteiger partial charge is 0.389 e. The predicted molar refractivity (Wildman–Crippen MR) is 66.2 cm³/mol. The molecule has 2 aromatic rings. The quantitative estimate of drug-likeness (QED) is 0.872. The van der Waals surface area contributed by atoms with Crippen LogP contribution in [-0.4, -0.2) is 6.18 Å². The van der Waals surface area contributed by atoms with E-state index in [9.17, 15) is 13.2 Å². The van der Waals surface area contributed by atoms with Crippen molar-refractivity contribution in [3.05, 3.63) is 48.0 Å². The first-order valence-corrected chi connectivity index (χ1v) is 5.77. The van der Waals surface area contributed by atoms with Gasteiger partial charge in [0, 0.05) is 12.5 Å². The average molecular weight is 253 g/mol. The van der Waals surface area contributed by atoms with Crippen molar-refractivity contribution in [2.75, 3.05) is 0 Å². The molecule has 0 amide bonds. The lowest BCUT2D eigenvalue weighted by Gasteiger charge is -2.15. The van der Waals surface area contributed by atoms with Gasteiger partial charge in [-0.05, 0) is 22.8 Å². The van der Waals surface area contributed by atoms with Crippen molar-refractivity contribution in [1.82, 2.24) is 0 Å². The summed E-state index contributed by atoms with van der Waals surface area (Å²) in [6.45, 7) is 0. The molecule has 0 aliphatic heterocycles. The molecule has 1 atom stereocenters. The van der Waals surface area contributed by atoms with Gasteiger partial charge in [-0.3, -0.25) is 0 Å². The molecule has 0 heterocycles. The summed E-state index contributed by atoms with van der Waals surface area (Å²) in [5.41, 5.74) is 6.64. The summed E-state index contributed by atoms with van der Waals surface area (Å²) in [5, 5.41) is 1.92. The third-order valence-corrected chi connectivity index (χ3v) is 2.96. The van der Waals surface area contributed by atoms with E-state index in [-0.39, 0.29) is 6.42 Å². The van der Waals surface area contributed by atoms with E-state index in [0.717, 1.165) is 16.3 Å². The highest BCUT2D eigenvalue weighted by Crippen LogP contribution is 2.29. The van der Waals surface area contributed by atoms with Crippen LogP contribution in [0.15, 0.2) is 42.5 Å². The summed E-state index contributed by atoms with van der Waals surface area (Å²) in [5.74, 6) is 0. The van der Waals surface area contributed by atoms with Gasteiger partial charge in [0.05, 0.1) is 0 Å². The standard InChI is InChI=1S/C14H14F3N/c15-14(16,17)9-8-13(18)12-7-3-5-10-4-1-2-6-11(10)12/h1-7,13H,8-9,18H2/t13-/m1/s1. The summed E-state index contributed by atoms with van der Waals surface area (Å²) in [6, 6.07) is 12.5. The first-order valence-electron chi connectivity index (χ1n) is 5.77. The number of fused-ring (bicyclic) bond motifs is 1. The maximum absolute atomic E-state index is 12.2. The Kier molecular flexibility index (Phi) is 3.57. The topological polar surface area (TPSA) is 26.0 Å². The second-order valence-electron chi connectivity index (χ2n) is 4.33. The first kappa shape index (κ1) is 12.9. The van der Waals surface area contributed by atoms with E-state index in [1.54, 1.807) is 6.07 Å². The molecule has 0 unspecified atom stereocenters. The molecule has 0 saturated carbocycles. The monoisotopic (exact) mass is 253 g/mol. The number of nitrogens with two attached hydrogens (primary N) is 1. The molecule has 0 bridgehead atoms. The fraction of sp³-hybridized carbons (Fsp3) is 0.286. The SMILES string of the molecule is N[C@H](CCC(F)(F)F)c1cccc2ccccc12. The van der Waals surface area contributed by atoms with Crippen molar-refractivity contribution in [1.29, 1.82) is 0 Å². The summed E-state index contributed by atoms with van der Waals surface area (Å²) in [7, 11) is 0. The van der Waals surface area contributed by atoms with Gasteiger partial charge < -0.3 is 5.73 Å². The molecule has 0 aromatic heterocycles. The van der Waals surface area contributed by atoms with Gasteiger partial charge in [0.15, 0.2) is 0 Å². The van der Waals surface area contributed by atoms with Crippen LogP contribution in [0.3, 0.4) is 0 Å². The minimum absolute atomic E-state index is 0.0858. The highest BCUT2D eigenvalue weighted by atomic mass is 19.4. The lowest BCUT2D eigenvalue weighted by Crippen LogP contribution is -2.16. The van der Waals surface area contributed by atoms with E-state index in [2.05, 4.69) is 0 Å². The Labute approximate surface area is 103 Å². The molecule has 0 aliphatic rings. The third-order valence-electron chi connectivity index (χ3n) is 2.96. The van der Waals surface area contributed by atoms with E-state index < -0.39 is 18.6 Å². The zero-order valence-electron chi connectivity index (χ0n) is 9.74. The van der Waals surface area contributed by atoms with Crippen LogP contribution in [-0.2, 0) is 0 Å². The molecule has 18 heavy (non-hydrogen) atoms. The van der Waals surface area contributed by atoms with Gasteiger partial charge in [0.1, 0.15) is 0 Å². The molecule has 96 valence electrons. The summed E-state index contributed by atoms with van der Waals surface area (Å²) >= 11 is 0. The van der Waals surface area contributed by atoms with Crippen molar-refractivity contribution in [3.8, 4) is 0 Å². The fourth-order valence-corrected chi connectivity index (χ4v) is 2.05. The second-order valence-corrected chi connectivity index (χ2v) is 4.33. The lowest BCUT2D eigenvalue weighted by molar-refractivity contribution is -0.136. The van der Waals surface area contributed by atoms with Crippen LogP contribution in [0.5, 0.6) is 0 Å². The van der Waals surface area contributed by atoms with Gasteiger partial charge >= 0.3 is 6.18 Å². The van der Waals surface area contributed by atoms with Crippen LogP contribution < -0.4 is 5.73 Å². The molecule has 2 aromatic carbocycles. The second kappa shape index (κ2) is 4.98. The van der Waals surface area contributed by atoms with E-state index in [1.165, 1.54) is 0 Å². The first-order chi connectivity index (χ1) is 8.47. The number of hydrogen-bond donors (Lipinski definition) is 1. The Bertz CT molecular complexity index is 529. The van der Waals surface area contributed by atoms with Gasteiger partial charge in [0.2, 0.25) is 0 Å². The molecule has 2 rings (SSSR count). The number of hydrogen-bond acceptors (Lipinski definition) is 1. The molecular formula is C14H14F3N. The molecule has 0 spiro atoms. The Hall–Kier alpha value is -1.55. The van der Waals surface area contributed by atoms with Gasteiger partial charge in [-0.25, -0.2) is 0 Å². The average Bonchev–Trinajstić information content (AvgIpc) is 2.34. The van der Waals surface area contributed by atoms with E-state index in [4.69, 9.17) is 5.73 Å². The lowest BCUT2D eigenvalue weighted by atomic mass is 9.96. The number of benzene rings is 2. The molecule has 4 heteroatoms. The fourth-order valence-electron chi connectivity index (χ4n) is 2.05. The Morgan fingerprint density at radius 3 is 2.39 bits per heavy atom. The van der Waals surface area contributed by atoms with Crippen LogP contribution in [0.2, 0.25) is 0 Å². The Balaban J connectivity index is 2.25. The highest BCUT2D eigenvalue weighted by molar-refractivity contribution is 5.86. The molecule has 2 N–H and O–H groups in total. The zero-order chi connectivity index (χ0) is 13.2. The molecule has 0 fully saturated rings. The van der Waals surface area contributed by atoms with E-state index >= 15 is 0 Å². The molecule has 0 aliphatic carbocycles. The molecule has 1 nitrogen and oxygen atoms in total. The van der Waals surface area contributed by atoms with Crippen LogP contribution in [0.4, 0.5) is 13.2 Å². The smallest absolute Gasteiger partial charge is 0.324 e. The van der Waals surface area contributed by atoms with Gasteiger partial charge in [-0.2, -0.15) is 13.2 Å².